The average Bonchev–Trinajstić information content (AvgIpc) is 3.30. The molecule has 0 saturated carbocycles. The summed E-state index contributed by atoms with van der Waals surface area (Å²) in [4.78, 5) is 16.5. The van der Waals surface area contributed by atoms with Gasteiger partial charge < -0.3 is 15.0 Å². The SMILES string of the molecule is O=C(OCC1CCCNC1)[C@H](Cc1c[nH]c2ccccc12)NS(=O)(=O)c1ccc2ccccc2c1. The van der Waals surface area contributed by atoms with Gasteiger partial charge in [-0.05, 0) is 53.9 Å². The summed E-state index contributed by atoms with van der Waals surface area (Å²) >= 11 is 0. The van der Waals surface area contributed by atoms with Crippen molar-refractivity contribution in [1.29, 1.82) is 0 Å². The summed E-state index contributed by atoms with van der Waals surface area (Å²) in [5.74, 6) is -0.330. The van der Waals surface area contributed by atoms with Gasteiger partial charge in [0, 0.05) is 36.0 Å². The Bertz CT molecular complexity index is 1440. The highest BCUT2D eigenvalue weighted by molar-refractivity contribution is 7.89. The molecular formula is C27H29N3O4S. The number of hydrogen-bond acceptors (Lipinski definition) is 5. The number of carbonyl (C=O) groups is 1. The Hall–Kier alpha value is -3.20. The highest BCUT2D eigenvalue weighted by Crippen LogP contribution is 2.22. The maximum Gasteiger partial charge on any atom is 0.324 e. The molecule has 182 valence electrons. The summed E-state index contributed by atoms with van der Waals surface area (Å²) in [6, 6.07) is 19.2. The summed E-state index contributed by atoms with van der Waals surface area (Å²) in [6.45, 7) is 2.04. The van der Waals surface area contributed by atoms with Gasteiger partial charge in [0.25, 0.3) is 0 Å². The molecule has 35 heavy (non-hydrogen) atoms. The molecule has 2 heterocycles. The molecule has 2 atom stereocenters. The largest absolute Gasteiger partial charge is 0.464 e. The minimum absolute atomic E-state index is 0.115. The standard InChI is InChI=1S/C27H29N3O4S/c31-27(34-18-19-6-5-13-28-16-19)26(15-22-17-29-25-10-4-3-9-24(22)25)30-35(32,33)23-12-11-20-7-1-2-8-21(20)14-23/h1-4,7-12,14,17,19,26,28-30H,5-6,13,15-16,18H2/t19?,26-/m0/s1. The fraction of sp³-hybridized carbons (Fsp3) is 0.296. The number of carbonyl (C=O) groups excluding carboxylic acids is 1. The maximum absolute atomic E-state index is 13.4. The van der Waals surface area contributed by atoms with Crippen molar-refractivity contribution in [3.8, 4) is 0 Å². The van der Waals surface area contributed by atoms with Crippen LogP contribution in [-0.4, -0.2) is 45.1 Å². The van der Waals surface area contributed by atoms with E-state index in [1.165, 1.54) is 0 Å². The summed E-state index contributed by atoms with van der Waals surface area (Å²) in [7, 11) is -3.97. The zero-order valence-corrected chi connectivity index (χ0v) is 20.2. The Kier molecular flexibility index (Phi) is 6.86. The number of fused-ring (bicyclic) bond motifs is 2. The lowest BCUT2D eigenvalue weighted by molar-refractivity contribution is -0.147. The first-order chi connectivity index (χ1) is 17.0. The zero-order valence-electron chi connectivity index (χ0n) is 19.4. The van der Waals surface area contributed by atoms with E-state index in [1.54, 1.807) is 18.2 Å². The molecule has 4 aromatic rings. The highest BCUT2D eigenvalue weighted by atomic mass is 32.2. The average molecular weight is 492 g/mol. The van der Waals surface area contributed by atoms with E-state index < -0.39 is 22.0 Å². The third kappa shape index (κ3) is 5.40. The Morgan fingerprint density at radius 1 is 1.06 bits per heavy atom. The Balaban J connectivity index is 1.40. The molecule has 1 saturated heterocycles. The van der Waals surface area contributed by atoms with Crippen LogP contribution in [0, 0.1) is 5.92 Å². The van der Waals surface area contributed by atoms with Crippen molar-refractivity contribution in [2.45, 2.75) is 30.2 Å². The number of aromatic amines is 1. The molecule has 1 fully saturated rings. The normalized spacial score (nSPS) is 17.4. The van der Waals surface area contributed by atoms with Crippen molar-refractivity contribution in [1.82, 2.24) is 15.0 Å². The van der Waals surface area contributed by atoms with Gasteiger partial charge in [0.05, 0.1) is 11.5 Å². The second-order valence-corrected chi connectivity index (χ2v) is 10.8. The molecule has 0 bridgehead atoms. The van der Waals surface area contributed by atoms with Crippen LogP contribution in [0.25, 0.3) is 21.7 Å². The third-order valence-electron chi connectivity index (χ3n) is 6.57. The van der Waals surface area contributed by atoms with Gasteiger partial charge in [0.15, 0.2) is 0 Å². The number of hydrogen-bond donors (Lipinski definition) is 3. The maximum atomic E-state index is 13.4. The molecule has 3 aromatic carbocycles. The van der Waals surface area contributed by atoms with E-state index >= 15 is 0 Å². The van der Waals surface area contributed by atoms with Crippen LogP contribution in [0.1, 0.15) is 18.4 Å². The lowest BCUT2D eigenvalue weighted by Gasteiger charge is -2.24. The quantitative estimate of drug-likeness (QED) is 0.326. The van der Waals surface area contributed by atoms with Crippen LogP contribution >= 0.6 is 0 Å². The molecule has 3 N–H and O–H groups in total. The molecule has 0 amide bonds. The molecule has 0 spiro atoms. The minimum Gasteiger partial charge on any atom is -0.464 e. The Morgan fingerprint density at radius 2 is 1.86 bits per heavy atom. The van der Waals surface area contributed by atoms with E-state index in [4.69, 9.17) is 4.74 Å². The Morgan fingerprint density at radius 3 is 2.69 bits per heavy atom. The number of sulfonamides is 1. The number of piperidine rings is 1. The predicted octanol–water partition coefficient (Wildman–Crippen LogP) is 3.75. The second-order valence-electron chi connectivity index (χ2n) is 9.09. The predicted molar refractivity (Wildman–Crippen MR) is 137 cm³/mol. The van der Waals surface area contributed by atoms with E-state index in [-0.39, 0.29) is 23.8 Å². The van der Waals surface area contributed by atoms with Crippen molar-refractivity contribution < 1.29 is 17.9 Å². The summed E-state index contributed by atoms with van der Waals surface area (Å²) in [6.07, 6.45) is 4.02. The number of aromatic nitrogens is 1. The van der Waals surface area contributed by atoms with Crippen LogP contribution < -0.4 is 10.0 Å². The highest BCUT2D eigenvalue weighted by Gasteiger charge is 2.29. The zero-order chi connectivity index (χ0) is 24.3. The van der Waals surface area contributed by atoms with Crippen molar-refractivity contribution in [3.05, 3.63) is 78.5 Å². The third-order valence-corrected chi connectivity index (χ3v) is 8.04. The van der Waals surface area contributed by atoms with Crippen LogP contribution in [0.3, 0.4) is 0 Å². The number of ether oxygens (including phenoxy) is 1. The number of H-pyrrole nitrogens is 1. The molecule has 7 nitrogen and oxygen atoms in total. The van der Waals surface area contributed by atoms with Gasteiger partial charge in [-0.3, -0.25) is 4.79 Å². The summed E-state index contributed by atoms with van der Waals surface area (Å²) in [5, 5.41) is 6.02. The number of esters is 1. The van der Waals surface area contributed by atoms with Gasteiger partial charge in [-0.25, -0.2) is 8.42 Å². The van der Waals surface area contributed by atoms with Gasteiger partial charge >= 0.3 is 5.97 Å². The lowest BCUT2D eigenvalue weighted by atomic mass is 10.0. The summed E-state index contributed by atoms with van der Waals surface area (Å²) < 4.78 is 35.0. The molecule has 1 aromatic heterocycles. The van der Waals surface area contributed by atoms with Crippen LogP contribution in [0.4, 0.5) is 0 Å². The van der Waals surface area contributed by atoms with E-state index in [9.17, 15) is 13.2 Å². The number of para-hydroxylation sites is 1. The first-order valence-corrected chi connectivity index (χ1v) is 13.4. The van der Waals surface area contributed by atoms with Gasteiger partial charge in [0.2, 0.25) is 10.0 Å². The van der Waals surface area contributed by atoms with Crippen molar-refractivity contribution in [2.75, 3.05) is 19.7 Å². The molecule has 5 rings (SSSR count). The van der Waals surface area contributed by atoms with Crippen molar-refractivity contribution >= 4 is 37.7 Å². The van der Waals surface area contributed by atoms with Crippen molar-refractivity contribution in [3.63, 3.8) is 0 Å². The fourth-order valence-electron chi connectivity index (χ4n) is 4.65. The van der Waals surface area contributed by atoms with E-state index in [1.807, 2.05) is 54.7 Å². The molecule has 1 aliphatic rings. The summed E-state index contributed by atoms with van der Waals surface area (Å²) in [5.41, 5.74) is 1.78. The van der Waals surface area contributed by atoms with Crippen LogP contribution in [0.15, 0.2) is 77.8 Å². The van der Waals surface area contributed by atoms with Gasteiger partial charge in [0.1, 0.15) is 6.04 Å². The molecular weight excluding hydrogens is 462 g/mol. The smallest absolute Gasteiger partial charge is 0.324 e. The monoisotopic (exact) mass is 491 g/mol. The van der Waals surface area contributed by atoms with Crippen LogP contribution in [0.2, 0.25) is 0 Å². The van der Waals surface area contributed by atoms with Gasteiger partial charge in [-0.2, -0.15) is 4.72 Å². The number of benzene rings is 3. The van der Waals surface area contributed by atoms with Crippen molar-refractivity contribution in [2.24, 2.45) is 5.92 Å². The molecule has 0 aliphatic carbocycles. The van der Waals surface area contributed by atoms with Crippen LogP contribution in [0.5, 0.6) is 0 Å². The van der Waals surface area contributed by atoms with Gasteiger partial charge in [-0.15, -0.1) is 0 Å². The first kappa shape index (κ1) is 23.5. The fourth-order valence-corrected chi connectivity index (χ4v) is 5.87. The Labute approximate surface area is 204 Å². The second kappa shape index (κ2) is 10.2. The van der Waals surface area contributed by atoms with E-state index in [0.717, 1.165) is 53.2 Å². The first-order valence-electron chi connectivity index (χ1n) is 11.9. The van der Waals surface area contributed by atoms with Gasteiger partial charge in [-0.1, -0.05) is 48.5 Å². The number of rotatable bonds is 8. The molecule has 8 heteroatoms. The molecule has 0 radical (unpaired) electrons. The van der Waals surface area contributed by atoms with Crippen LogP contribution in [-0.2, 0) is 26.0 Å². The lowest BCUT2D eigenvalue weighted by Crippen LogP contribution is -2.44. The minimum atomic E-state index is -3.97. The molecule has 1 unspecified atom stereocenters. The van der Waals surface area contributed by atoms with E-state index in [0.29, 0.717) is 0 Å². The van der Waals surface area contributed by atoms with E-state index in [2.05, 4.69) is 15.0 Å². The topological polar surface area (TPSA) is 100 Å². The number of nitrogens with one attached hydrogen (secondary N) is 3. The molecule has 1 aliphatic heterocycles.